The van der Waals surface area contributed by atoms with Gasteiger partial charge in [0, 0.05) is 21.9 Å². The number of alkyl halides is 3. The Morgan fingerprint density at radius 2 is 2.00 bits per heavy atom. The number of pyridine rings is 1. The van der Waals surface area contributed by atoms with E-state index in [0.717, 1.165) is 36.7 Å². The van der Waals surface area contributed by atoms with Crippen LogP contribution in [-0.2, 0) is 10.9 Å². The number of thioether (sulfide) groups is 1. The smallest absolute Gasteiger partial charge is 0.372 e. The quantitative estimate of drug-likeness (QED) is 0.629. The van der Waals surface area contributed by atoms with E-state index in [1.165, 1.54) is 23.9 Å². The lowest BCUT2D eigenvalue weighted by molar-refractivity contribution is -0.137. The Morgan fingerprint density at radius 1 is 1.23 bits per heavy atom. The lowest BCUT2D eigenvalue weighted by Crippen LogP contribution is -2.34. The monoisotopic (exact) mass is 381 g/mol. The van der Waals surface area contributed by atoms with Crippen molar-refractivity contribution in [3.05, 3.63) is 59.4 Å². The van der Waals surface area contributed by atoms with Crippen molar-refractivity contribution in [2.24, 2.45) is 0 Å². The SMILES string of the molecule is CCC1(Sc2cccc(C(F)(F)F)c2)CCOC(c2cccc(C)n2)C1. The van der Waals surface area contributed by atoms with Crippen molar-refractivity contribution in [3.63, 3.8) is 0 Å². The molecular formula is C20H22F3NOS. The molecule has 2 nitrogen and oxygen atoms in total. The molecule has 1 aliphatic heterocycles. The van der Waals surface area contributed by atoms with Gasteiger partial charge in [0.25, 0.3) is 0 Å². The molecule has 1 saturated heterocycles. The molecule has 1 aromatic heterocycles. The fourth-order valence-corrected chi connectivity index (χ4v) is 4.69. The molecule has 0 amide bonds. The molecule has 2 atom stereocenters. The first kappa shape index (κ1) is 19.2. The van der Waals surface area contributed by atoms with Crippen molar-refractivity contribution in [1.29, 1.82) is 0 Å². The van der Waals surface area contributed by atoms with Crippen molar-refractivity contribution in [3.8, 4) is 0 Å². The molecule has 6 heteroatoms. The summed E-state index contributed by atoms with van der Waals surface area (Å²) >= 11 is 1.54. The Balaban J connectivity index is 1.82. The van der Waals surface area contributed by atoms with E-state index in [0.29, 0.717) is 11.5 Å². The van der Waals surface area contributed by atoms with Crippen LogP contribution in [0, 0.1) is 6.92 Å². The maximum atomic E-state index is 13.0. The number of ether oxygens (including phenoxy) is 1. The third-order valence-electron chi connectivity index (χ3n) is 4.81. The summed E-state index contributed by atoms with van der Waals surface area (Å²) in [6, 6.07) is 11.5. The van der Waals surface area contributed by atoms with Crippen LogP contribution in [0.4, 0.5) is 13.2 Å². The highest BCUT2D eigenvalue weighted by Gasteiger charge is 2.38. The molecule has 3 rings (SSSR count). The number of nitrogens with zero attached hydrogens (tertiary/aromatic N) is 1. The third-order valence-corrected chi connectivity index (χ3v) is 6.40. The molecule has 1 fully saturated rings. The van der Waals surface area contributed by atoms with Gasteiger partial charge in [-0.15, -0.1) is 11.8 Å². The van der Waals surface area contributed by atoms with Gasteiger partial charge in [-0.05, 0) is 56.5 Å². The molecule has 1 aromatic carbocycles. The van der Waals surface area contributed by atoms with Crippen molar-refractivity contribution >= 4 is 11.8 Å². The minimum absolute atomic E-state index is 0.123. The van der Waals surface area contributed by atoms with Crippen molar-refractivity contribution in [2.75, 3.05) is 6.61 Å². The van der Waals surface area contributed by atoms with E-state index in [1.54, 1.807) is 6.07 Å². The average molecular weight is 381 g/mol. The lowest BCUT2D eigenvalue weighted by atomic mass is 9.90. The van der Waals surface area contributed by atoms with Crippen LogP contribution in [0.3, 0.4) is 0 Å². The molecule has 2 heterocycles. The Kier molecular flexibility index (Phi) is 5.63. The maximum absolute atomic E-state index is 13.0. The van der Waals surface area contributed by atoms with Gasteiger partial charge in [0.2, 0.25) is 0 Å². The van der Waals surface area contributed by atoms with Crippen LogP contribution < -0.4 is 0 Å². The van der Waals surface area contributed by atoms with Crippen LogP contribution in [0.15, 0.2) is 47.4 Å². The van der Waals surface area contributed by atoms with Gasteiger partial charge in [-0.3, -0.25) is 4.98 Å². The molecule has 0 N–H and O–H groups in total. The summed E-state index contributed by atoms with van der Waals surface area (Å²) in [5.41, 5.74) is 1.23. The second kappa shape index (κ2) is 7.61. The predicted molar refractivity (Wildman–Crippen MR) is 97.2 cm³/mol. The Labute approximate surface area is 156 Å². The van der Waals surface area contributed by atoms with E-state index >= 15 is 0 Å². The van der Waals surface area contributed by atoms with Gasteiger partial charge >= 0.3 is 6.18 Å². The summed E-state index contributed by atoms with van der Waals surface area (Å²) in [6.07, 6.45) is -2.03. The summed E-state index contributed by atoms with van der Waals surface area (Å²) in [6.45, 7) is 4.61. The van der Waals surface area contributed by atoms with Gasteiger partial charge in [0.1, 0.15) is 6.10 Å². The van der Waals surface area contributed by atoms with E-state index in [9.17, 15) is 13.2 Å². The molecule has 0 spiro atoms. The van der Waals surface area contributed by atoms with E-state index in [2.05, 4.69) is 11.9 Å². The normalized spacial score (nSPS) is 23.8. The Hall–Kier alpha value is -1.53. The third kappa shape index (κ3) is 4.41. The second-order valence-electron chi connectivity index (χ2n) is 6.68. The first-order valence-corrected chi connectivity index (χ1v) is 9.54. The van der Waals surface area contributed by atoms with Gasteiger partial charge in [-0.2, -0.15) is 13.2 Å². The molecular weight excluding hydrogens is 359 g/mol. The highest BCUT2D eigenvalue weighted by molar-refractivity contribution is 8.00. The maximum Gasteiger partial charge on any atom is 0.416 e. The highest BCUT2D eigenvalue weighted by atomic mass is 32.2. The van der Waals surface area contributed by atoms with E-state index < -0.39 is 11.7 Å². The van der Waals surface area contributed by atoms with Crippen LogP contribution in [0.1, 0.15) is 49.2 Å². The van der Waals surface area contributed by atoms with Gasteiger partial charge in [-0.1, -0.05) is 19.1 Å². The molecule has 0 saturated carbocycles. The van der Waals surface area contributed by atoms with Crippen LogP contribution in [0.25, 0.3) is 0 Å². The zero-order chi connectivity index (χ0) is 18.8. The van der Waals surface area contributed by atoms with Crippen LogP contribution in [0.2, 0.25) is 0 Å². The molecule has 140 valence electrons. The minimum atomic E-state index is -4.32. The van der Waals surface area contributed by atoms with Gasteiger partial charge in [-0.25, -0.2) is 0 Å². The van der Waals surface area contributed by atoms with Gasteiger partial charge < -0.3 is 4.74 Å². The van der Waals surface area contributed by atoms with Crippen LogP contribution in [-0.4, -0.2) is 16.3 Å². The molecule has 2 aromatic rings. The molecule has 0 bridgehead atoms. The molecule has 26 heavy (non-hydrogen) atoms. The first-order chi connectivity index (χ1) is 12.3. The summed E-state index contributed by atoms with van der Waals surface area (Å²) in [4.78, 5) is 5.22. The fraction of sp³-hybridized carbons (Fsp3) is 0.450. The fourth-order valence-electron chi connectivity index (χ4n) is 3.29. The highest BCUT2D eigenvalue weighted by Crippen LogP contribution is 2.48. The molecule has 0 radical (unpaired) electrons. The predicted octanol–water partition coefficient (Wildman–Crippen LogP) is 6.20. The van der Waals surface area contributed by atoms with E-state index in [1.807, 2.05) is 25.1 Å². The lowest BCUT2D eigenvalue weighted by Gasteiger charge is -2.40. The number of hydrogen-bond acceptors (Lipinski definition) is 3. The van der Waals surface area contributed by atoms with Crippen LogP contribution in [0.5, 0.6) is 0 Å². The first-order valence-electron chi connectivity index (χ1n) is 8.73. The summed E-state index contributed by atoms with van der Waals surface area (Å²) in [5.74, 6) is 0. The number of halogens is 3. The number of hydrogen-bond donors (Lipinski definition) is 0. The average Bonchev–Trinajstić information content (AvgIpc) is 2.61. The Morgan fingerprint density at radius 3 is 2.69 bits per heavy atom. The largest absolute Gasteiger partial charge is 0.416 e. The minimum Gasteiger partial charge on any atom is -0.372 e. The number of rotatable bonds is 4. The number of aryl methyl sites for hydroxylation is 1. The Bertz CT molecular complexity index is 765. The summed E-state index contributed by atoms with van der Waals surface area (Å²) in [5, 5.41) is 0. The number of benzene rings is 1. The van der Waals surface area contributed by atoms with Crippen LogP contribution >= 0.6 is 11.8 Å². The zero-order valence-corrected chi connectivity index (χ0v) is 15.7. The topological polar surface area (TPSA) is 22.1 Å². The second-order valence-corrected chi connectivity index (χ2v) is 8.22. The van der Waals surface area contributed by atoms with E-state index in [4.69, 9.17) is 4.74 Å². The molecule has 2 unspecified atom stereocenters. The van der Waals surface area contributed by atoms with Gasteiger partial charge in [0.15, 0.2) is 0 Å². The van der Waals surface area contributed by atoms with Gasteiger partial charge in [0.05, 0.1) is 11.3 Å². The van der Waals surface area contributed by atoms with Crippen molar-refractivity contribution in [1.82, 2.24) is 4.98 Å². The number of aromatic nitrogens is 1. The van der Waals surface area contributed by atoms with E-state index in [-0.39, 0.29) is 10.9 Å². The standard InChI is InChI=1S/C20H22F3NOS/c1-3-19(26-16-8-5-7-15(12-16)20(21,22)23)10-11-25-18(13-19)17-9-4-6-14(2)24-17/h4-9,12,18H,3,10-11,13H2,1-2H3. The molecule has 1 aliphatic rings. The summed E-state index contributed by atoms with van der Waals surface area (Å²) < 4.78 is 44.8. The zero-order valence-electron chi connectivity index (χ0n) is 14.8. The summed E-state index contributed by atoms with van der Waals surface area (Å²) in [7, 11) is 0. The van der Waals surface area contributed by atoms with Crippen molar-refractivity contribution in [2.45, 2.75) is 55.0 Å². The molecule has 0 aliphatic carbocycles. The van der Waals surface area contributed by atoms with Crippen molar-refractivity contribution < 1.29 is 17.9 Å².